The maximum atomic E-state index is 13.8. The molecule has 26 heavy (non-hydrogen) atoms. The van der Waals surface area contributed by atoms with Crippen molar-refractivity contribution in [3.05, 3.63) is 51.7 Å². The first-order valence-electron chi connectivity index (χ1n) is 7.26. The standard InChI is InChI=1S/C16H15BrClFN2O4S/c1-9(16(22)20-13-5-3-10(17)7-12(13)19)21-26(23,24)15-8-11(18)4-6-14(15)25-2/h3-9,21H,1-2H3,(H,20,22)/t9-/m1/s1. The Bertz CT molecular complexity index is 940. The summed E-state index contributed by atoms with van der Waals surface area (Å²) in [5, 5.41) is 2.53. The van der Waals surface area contributed by atoms with Crippen LogP contribution in [0, 0.1) is 5.82 Å². The molecule has 2 rings (SSSR count). The van der Waals surface area contributed by atoms with E-state index in [0.29, 0.717) is 4.47 Å². The molecule has 10 heteroatoms. The van der Waals surface area contributed by atoms with Crippen molar-refractivity contribution in [1.29, 1.82) is 0 Å². The van der Waals surface area contributed by atoms with Crippen molar-refractivity contribution in [2.24, 2.45) is 0 Å². The lowest BCUT2D eigenvalue weighted by Crippen LogP contribution is -2.41. The van der Waals surface area contributed by atoms with Gasteiger partial charge in [-0.1, -0.05) is 27.5 Å². The minimum Gasteiger partial charge on any atom is -0.495 e. The van der Waals surface area contributed by atoms with Gasteiger partial charge in [-0.15, -0.1) is 0 Å². The van der Waals surface area contributed by atoms with E-state index in [1.807, 2.05) is 0 Å². The number of hydrogen-bond donors (Lipinski definition) is 2. The summed E-state index contributed by atoms with van der Waals surface area (Å²) >= 11 is 8.95. The number of carbonyl (C=O) groups is 1. The Balaban J connectivity index is 2.18. The fourth-order valence-corrected chi connectivity index (χ4v) is 4.01. The fourth-order valence-electron chi connectivity index (χ4n) is 2.04. The molecule has 140 valence electrons. The van der Waals surface area contributed by atoms with Gasteiger partial charge in [-0.05, 0) is 43.3 Å². The van der Waals surface area contributed by atoms with Crippen LogP contribution < -0.4 is 14.8 Å². The summed E-state index contributed by atoms with van der Waals surface area (Å²) in [5.74, 6) is -1.30. The molecular formula is C16H15BrClFN2O4S. The Morgan fingerprint density at radius 3 is 2.58 bits per heavy atom. The van der Waals surface area contributed by atoms with Crippen molar-refractivity contribution in [2.45, 2.75) is 17.9 Å². The third-order valence-corrected chi connectivity index (χ3v) is 5.62. The maximum absolute atomic E-state index is 13.8. The first-order chi connectivity index (χ1) is 12.1. The van der Waals surface area contributed by atoms with Gasteiger partial charge in [0, 0.05) is 9.50 Å². The molecule has 0 saturated heterocycles. The van der Waals surface area contributed by atoms with Gasteiger partial charge in [-0.2, -0.15) is 4.72 Å². The topological polar surface area (TPSA) is 84.5 Å². The summed E-state index contributed by atoms with van der Waals surface area (Å²) in [7, 11) is -2.79. The predicted molar refractivity (Wildman–Crippen MR) is 101 cm³/mol. The number of sulfonamides is 1. The number of hydrogen-bond acceptors (Lipinski definition) is 4. The summed E-state index contributed by atoms with van der Waals surface area (Å²) in [6.07, 6.45) is 0. The Kier molecular flexibility index (Phi) is 6.62. The molecule has 1 atom stereocenters. The zero-order valence-electron chi connectivity index (χ0n) is 13.7. The molecule has 0 fully saturated rings. The Hall–Kier alpha value is -1.68. The van der Waals surface area contributed by atoms with E-state index in [4.69, 9.17) is 16.3 Å². The Morgan fingerprint density at radius 2 is 1.96 bits per heavy atom. The summed E-state index contributed by atoms with van der Waals surface area (Å²) in [6, 6.07) is 7.00. The van der Waals surface area contributed by atoms with Crippen LogP contribution in [-0.2, 0) is 14.8 Å². The van der Waals surface area contributed by atoms with Crippen LogP contribution in [0.15, 0.2) is 45.8 Å². The number of ether oxygens (including phenoxy) is 1. The molecule has 0 saturated carbocycles. The third kappa shape index (κ3) is 4.94. The molecule has 1 amide bonds. The minimum atomic E-state index is -4.10. The first-order valence-corrected chi connectivity index (χ1v) is 9.91. The van der Waals surface area contributed by atoms with Gasteiger partial charge in [0.2, 0.25) is 15.9 Å². The van der Waals surface area contributed by atoms with Crippen LogP contribution in [-0.4, -0.2) is 27.5 Å². The lowest BCUT2D eigenvalue weighted by Gasteiger charge is -2.16. The molecule has 0 aliphatic carbocycles. The number of methoxy groups -OCH3 is 1. The van der Waals surface area contributed by atoms with E-state index in [1.165, 1.54) is 44.4 Å². The highest BCUT2D eigenvalue weighted by molar-refractivity contribution is 9.10. The van der Waals surface area contributed by atoms with E-state index in [1.54, 1.807) is 6.07 Å². The van der Waals surface area contributed by atoms with E-state index in [2.05, 4.69) is 26.0 Å². The van der Waals surface area contributed by atoms with E-state index in [9.17, 15) is 17.6 Å². The van der Waals surface area contributed by atoms with E-state index in [0.717, 1.165) is 0 Å². The van der Waals surface area contributed by atoms with Gasteiger partial charge in [0.05, 0.1) is 18.8 Å². The van der Waals surface area contributed by atoms with Crippen LogP contribution in [0.25, 0.3) is 0 Å². The van der Waals surface area contributed by atoms with Crippen LogP contribution in [0.5, 0.6) is 5.75 Å². The second-order valence-corrected chi connectivity index (χ2v) is 8.29. The lowest BCUT2D eigenvalue weighted by atomic mass is 10.2. The number of carbonyl (C=O) groups excluding carboxylic acids is 1. The quantitative estimate of drug-likeness (QED) is 0.683. The summed E-state index contributed by atoms with van der Waals surface area (Å²) in [6.45, 7) is 1.33. The molecule has 6 nitrogen and oxygen atoms in total. The van der Waals surface area contributed by atoms with Gasteiger partial charge in [0.15, 0.2) is 0 Å². The monoisotopic (exact) mass is 464 g/mol. The normalized spacial score (nSPS) is 12.5. The molecule has 0 radical (unpaired) electrons. The Morgan fingerprint density at radius 1 is 1.27 bits per heavy atom. The SMILES string of the molecule is COc1ccc(Cl)cc1S(=O)(=O)N[C@H](C)C(=O)Nc1ccc(Br)cc1F. The molecule has 0 spiro atoms. The molecule has 0 aliphatic heterocycles. The second-order valence-electron chi connectivity index (χ2n) is 5.25. The average molecular weight is 466 g/mol. The zero-order chi connectivity index (χ0) is 19.5. The number of rotatable bonds is 6. The molecule has 0 aliphatic rings. The smallest absolute Gasteiger partial charge is 0.245 e. The van der Waals surface area contributed by atoms with E-state index in [-0.39, 0.29) is 21.4 Å². The van der Waals surface area contributed by atoms with Gasteiger partial charge in [-0.25, -0.2) is 12.8 Å². The molecule has 0 heterocycles. The summed E-state index contributed by atoms with van der Waals surface area (Å²) in [4.78, 5) is 12.0. The van der Waals surface area contributed by atoms with Crippen LogP contribution in [0.3, 0.4) is 0 Å². The zero-order valence-corrected chi connectivity index (χ0v) is 16.9. The number of halogens is 3. The highest BCUT2D eigenvalue weighted by atomic mass is 79.9. The molecule has 2 aromatic carbocycles. The highest BCUT2D eigenvalue weighted by Gasteiger charge is 2.25. The highest BCUT2D eigenvalue weighted by Crippen LogP contribution is 2.27. The van der Waals surface area contributed by atoms with Crippen molar-refractivity contribution in [1.82, 2.24) is 4.72 Å². The summed E-state index contributed by atoms with van der Waals surface area (Å²) < 4.78 is 46.6. The average Bonchev–Trinajstić information content (AvgIpc) is 2.56. The van der Waals surface area contributed by atoms with Crippen LogP contribution in [0.4, 0.5) is 10.1 Å². The number of anilines is 1. The minimum absolute atomic E-state index is 0.0652. The van der Waals surface area contributed by atoms with Crippen LogP contribution >= 0.6 is 27.5 Å². The van der Waals surface area contributed by atoms with Crippen molar-refractivity contribution >= 4 is 49.1 Å². The second kappa shape index (κ2) is 8.34. The van der Waals surface area contributed by atoms with Crippen LogP contribution in [0.2, 0.25) is 5.02 Å². The van der Waals surface area contributed by atoms with Crippen molar-refractivity contribution in [3.8, 4) is 5.75 Å². The molecule has 0 bridgehead atoms. The molecule has 2 aromatic rings. The Labute approximate surface area is 163 Å². The van der Waals surface area contributed by atoms with Gasteiger partial charge in [0.1, 0.15) is 16.5 Å². The fraction of sp³-hybridized carbons (Fsp3) is 0.188. The van der Waals surface area contributed by atoms with E-state index >= 15 is 0 Å². The number of amides is 1. The van der Waals surface area contributed by atoms with Gasteiger partial charge < -0.3 is 10.1 Å². The first kappa shape index (κ1) is 20.6. The third-order valence-electron chi connectivity index (χ3n) is 3.33. The van der Waals surface area contributed by atoms with Crippen molar-refractivity contribution in [3.63, 3.8) is 0 Å². The van der Waals surface area contributed by atoms with Gasteiger partial charge >= 0.3 is 0 Å². The molecule has 2 N–H and O–H groups in total. The number of benzene rings is 2. The van der Waals surface area contributed by atoms with Crippen molar-refractivity contribution < 1.29 is 22.3 Å². The summed E-state index contributed by atoms with van der Waals surface area (Å²) in [5.41, 5.74) is -0.0652. The van der Waals surface area contributed by atoms with Gasteiger partial charge in [-0.3, -0.25) is 4.79 Å². The van der Waals surface area contributed by atoms with Crippen molar-refractivity contribution in [2.75, 3.05) is 12.4 Å². The molecule has 0 aromatic heterocycles. The largest absolute Gasteiger partial charge is 0.495 e. The molecular weight excluding hydrogens is 451 g/mol. The maximum Gasteiger partial charge on any atom is 0.245 e. The number of nitrogens with one attached hydrogen (secondary N) is 2. The van der Waals surface area contributed by atoms with Gasteiger partial charge in [0.25, 0.3) is 0 Å². The lowest BCUT2D eigenvalue weighted by molar-refractivity contribution is -0.117. The predicted octanol–water partition coefficient (Wildman–Crippen LogP) is 3.56. The molecule has 0 unspecified atom stereocenters. The van der Waals surface area contributed by atoms with E-state index < -0.39 is 27.8 Å². The van der Waals surface area contributed by atoms with Crippen LogP contribution in [0.1, 0.15) is 6.92 Å².